The molecule has 1 aromatic carbocycles. The third-order valence-electron chi connectivity index (χ3n) is 3.80. The Bertz CT molecular complexity index is 813. The number of hydrogen-bond acceptors (Lipinski definition) is 3. The Balaban J connectivity index is 2.42. The van der Waals surface area contributed by atoms with Gasteiger partial charge in [0, 0.05) is 17.8 Å². The highest BCUT2D eigenvalue weighted by atomic mass is 35.5. The van der Waals surface area contributed by atoms with E-state index in [1.165, 1.54) is 0 Å². The Kier molecular flexibility index (Phi) is 5.57. The first kappa shape index (κ1) is 18.4. The van der Waals surface area contributed by atoms with Gasteiger partial charge in [-0.2, -0.15) is 0 Å². The Morgan fingerprint density at radius 3 is 2.54 bits per heavy atom. The molecule has 1 N–H and O–H groups in total. The number of esters is 1. The van der Waals surface area contributed by atoms with Gasteiger partial charge in [-0.15, -0.1) is 0 Å². The zero-order valence-electron chi connectivity index (χ0n) is 13.9. The van der Waals surface area contributed by atoms with Crippen molar-refractivity contribution in [2.45, 2.75) is 20.8 Å². The molecule has 0 atom stereocenters. The minimum Gasteiger partial charge on any atom is -0.461 e. The molecule has 2 aromatic rings. The van der Waals surface area contributed by atoms with Crippen molar-refractivity contribution in [3.63, 3.8) is 0 Å². The first-order valence-corrected chi connectivity index (χ1v) is 8.12. The second-order valence-electron chi connectivity index (χ2n) is 5.29. The third kappa shape index (κ3) is 3.42. The molecule has 0 radical (unpaired) electrons. The summed E-state index contributed by atoms with van der Waals surface area (Å²) in [6, 6.07) is 4.81. The third-order valence-corrected chi connectivity index (χ3v) is 4.37. The lowest BCUT2D eigenvalue weighted by molar-refractivity contribution is 0.0514. The number of carbonyl (C=O) groups excluding carboxylic acids is 2. The number of anilines is 1. The van der Waals surface area contributed by atoms with Crippen LogP contribution in [0.1, 0.15) is 39.0 Å². The van der Waals surface area contributed by atoms with Crippen molar-refractivity contribution in [2.75, 3.05) is 11.9 Å². The summed E-state index contributed by atoms with van der Waals surface area (Å²) in [5.74, 6) is -0.819. The standard InChI is InChI=1S/C17H18Cl2N2O3/c1-5-24-17(23)15-9(2)14(10(3)21(15)4)16(22)20-13-8-11(18)6-7-12(13)19/h6-8H,5H2,1-4H3,(H,20,22). The van der Waals surface area contributed by atoms with Crippen LogP contribution in [0.5, 0.6) is 0 Å². The van der Waals surface area contributed by atoms with Crippen molar-refractivity contribution in [1.29, 1.82) is 0 Å². The van der Waals surface area contributed by atoms with Crippen LogP contribution in [0.15, 0.2) is 18.2 Å². The predicted molar refractivity (Wildman–Crippen MR) is 95.3 cm³/mol. The lowest BCUT2D eigenvalue weighted by Gasteiger charge is -2.08. The molecular formula is C17H18Cl2N2O3. The zero-order valence-corrected chi connectivity index (χ0v) is 15.4. The van der Waals surface area contributed by atoms with Gasteiger partial charge in [-0.05, 0) is 44.5 Å². The van der Waals surface area contributed by atoms with E-state index in [4.69, 9.17) is 27.9 Å². The second kappa shape index (κ2) is 7.28. The van der Waals surface area contributed by atoms with Gasteiger partial charge in [-0.1, -0.05) is 23.2 Å². The molecule has 1 amide bonds. The maximum Gasteiger partial charge on any atom is 0.355 e. The zero-order chi connectivity index (χ0) is 18.0. The molecule has 5 nitrogen and oxygen atoms in total. The summed E-state index contributed by atoms with van der Waals surface area (Å²) in [4.78, 5) is 24.8. The number of hydrogen-bond donors (Lipinski definition) is 1. The average molecular weight is 369 g/mol. The van der Waals surface area contributed by atoms with E-state index in [-0.39, 0.29) is 12.5 Å². The fraction of sp³-hybridized carbons (Fsp3) is 0.294. The molecule has 0 saturated heterocycles. The summed E-state index contributed by atoms with van der Waals surface area (Å²) < 4.78 is 6.72. The summed E-state index contributed by atoms with van der Waals surface area (Å²) in [6.45, 7) is 5.48. The first-order chi connectivity index (χ1) is 11.3. The van der Waals surface area contributed by atoms with Crippen LogP contribution >= 0.6 is 23.2 Å². The number of aromatic nitrogens is 1. The number of ether oxygens (including phenoxy) is 1. The van der Waals surface area contributed by atoms with Crippen LogP contribution in [0.4, 0.5) is 5.69 Å². The van der Waals surface area contributed by atoms with E-state index in [1.54, 1.807) is 50.6 Å². The molecule has 0 unspecified atom stereocenters. The van der Waals surface area contributed by atoms with E-state index in [0.717, 1.165) is 0 Å². The van der Waals surface area contributed by atoms with E-state index >= 15 is 0 Å². The SMILES string of the molecule is CCOC(=O)c1c(C)c(C(=O)Nc2cc(Cl)ccc2Cl)c(C)n1C. The van der Waals surface area contributed by atoms with E-state index in [1.807, 2.05) is 0 Å². The van der Waals surface area contributed by atoms with Crippen LogP contribution in [-0.2, 0) is 11.8 Å². The Morgan fingerprint density at radius 1 is 1.25 bits per heavy atom. The van der Waals surface area contributed by atoms with E-state index in [9.17, 15) is 9.59 Å². The molecule has 1 aromatic heterocycles. The normalized spacial score (nSPS) is 10.6. The van der Waals surface area contributed by atoms with Gasteiger partial charge >= 0.3 is 5.97 Å². The van der Waals surface area contributed by atoms with Crippen LogP contribution in [0, 0.1) is 13.8 Å². The van der Waals surface area contributed by atoms with E-state index in [2.05, 4.69) is 5.32 Å². The molecule has 0 bridgehead atoms. The van der Waals surface area contributed by atoms with Gasteiger partial charge < -0.3 is 14.6 Å². The highest BCUT2D eigenvalue weighted by Crippen LogP contribution is 2.28. The minimum absolute atomic E-state index is 0.266. The smallest absolute Gasteiger partial charge is 0.355 e. The van der Waals surface area contributed by atoms with Crippen LogP contribution in [0.25, 0.3) is 0 Å². The van der Waals surface area contributed by atoms with Gasteiger partial charge in [0.25, 0.3) is 5.91 Å². The van der Waals surface area contributed by atoms with Crippen molar-refractivity contribution in [3.05, 3.63) is 50.8 Å². The van der Waals surface area contributed by atoms with Gasteiger partial charge in [0.05, 0.1) is 22.9 Å². The Labute approximate surface area is 150 Å². The van der Waals surface area contributed by atoms with Crippen molar-refractivity contribution in [1.82, 2.24) is 4.57 Å². The lowest BCUT2D eigenvalue weighted by Crippen LogP contribution is -2.14. The maximum atomic E-state index is 12.7. The Hall–Kier alpha value is -1.98. The fourth-order valence-corrected chi connectivity index (χ4v) is 2.92. The molecule has 0 spiro atoms. The summed E-state index contributed by atoms with van der Waals surface area (Å²) in [6.07, 6.45) is 0. The molecule has 128 valence electrons. The lowest BCUT2D eigenvalue weighted by atomic mass is 10.1. The molecule has 2 rings (SSSR count). The van der Waals surface area contributed by atoms with Crippen LogP contribution in [0.3, 0.4) is 0 Å². The number of nitrogens with zero attached hydrogens (tertiary/aromatic N) is 1. The molecule has 0 saturated carbocycles. The molecule has 0 aliphatic heterocycles. The molecule has 0 fully saturated rings. The average Bonchev–Trinajstić information content (AvgIpc) is 2.73. The Morgan fingerprint density at radius 2 is 1.92 bits per heavy atom. The summed E-state index contributed by atoms with van der Waals surface area (Å²) in [5.41, 5.74) is 2.40. The second-order valence-corrected chi connectivity index (χ2v) is 6.14. The van der Waals surface area contributed by atoms with Gasteiger partial charge in [0.2, 0.25) is 0 Å². The number of carbonyl (C=O) groups is 2. The molecule has 24 heavy (non-hydrogen) atoms. The maximum absolute atomic E-state index is 12.7. The monoisotopic (exact) mass is 368 g/mol. The van der Waals surface area contributed by atoms with E-state index < -0.39 is 5.97 Å². The molecule has 1 heterocycles. The fourth-order valence-electron chi connectivity index (χ4n) is 2.58. The van der Waals surface area contributed by atoms with Crippen molar-refractivity contribution >= 4 is 40.8 Å². The van der Waals surface area contributed by atoms with Crippen molar-refractivity contribution in [2.24, 2.45) is 7.05 Å². The largest absolute Gasteiger partial charge is 0.461 e. The molecule has 0 aliphatic rings. The van der Waals surface area contributed by atoms with Gasteiger partial charge in [-0.25, -0.2) is 4.79 Å². The summed E-state index contributed by atoms with van der Waals surface area (Å²) >= 11 is 12.0. The number of halogens is 2. The van der Waals surface area contributed by atoms with Crippen molar-refractivity contribution in [3.8, 4) is 0 Å². The van der Waals surface area contributed by atoms with E-state index in [0.29, 0.717) is 38.2 Å². The summed E-state index contributed by atoms with van der Waals surface area (Å²) in [7, 11) is 1.72. The highest BCUT2D eigenvalue weighted by molar-refractivity contribution is 6.36. The van der Waals surface area contributed by atoms with Gasteiger partial charge in [0.1, 0.15) is 5.69 Å². The predicted octanol–water partition coefficient (Wildman–Crippen LogP) is 4.38. The number of amides is 1. The van der Waals surface area contributed by atoms with Crippen molar-refractivity contribution < 1.29 is 14.3 Å². The molecule has 7 heteroatoms. The van der Waals surface area contributed by atoms with Crippen LogP contribution < -0.4 is 5.32 Å². The molecule has 0 aliphatic carbocycles. The quantitative estimate of drug-likeness (QED) is 0.814. The summed E-state index contributed by atoms with van der Waals surface area (Å²) in [5, 5.41) is 3.58. The van der Waals surface area contributed by atoms with Gasteiger partial charge in [-0.3, -0.25) is 4.79 Å². The highest BCUT2D eigenvalue weighted by Gasteiger charge is 2.26. The van der Waals surface area contributed by atoms with Crippen LogP contribution in [-0.4, -0.2) is 23.1 Å². The van der Waals surface area contributed by atoms with Gasteiger partial charge in [0.15, 0.2) is 0 Å². The molecular weight excluding hydrogens is 351 g/mol. The topological polar surface area (TPSA) is 60.3 Å². The number of benzene rings is 1. The van der Waals surface area contributed by atoms with Crippen LogP contribution in [0.2, 0.25) is 10.0 Å². The number of rotatable bonds is 4. The number of nitrogens with one attached hydrogen (secondary N) is 1. The first-order valence-electron chi connectivity index (χ1n) is 7.37. The minimum atomic E-state index is -0.458.